The molecule has 2 fully saturated rings. The topological polar surface area (TPSA) is 49.6 Å². The highest BCUT2D eigenvalue weighted by Crippen LogP contribution is 2.28. The SMILES string of the molecule is CN(CC1CCCCC1)C(=O)CN1CCC(C)(CN)C1. The van der Waals surface area contributed by atoms with Crippen LogP contribution in [-0.2, 0) is 4.79 Å². The van der Waals surface area contributed by atoms with Crippen LogP contribution in [0, 0.1) is 11.3 Å². The number of rotatable bonds is 5. The van der Waals surface area contributed by atoms with Crippen molar-refractivity contribution in [3.05, 3.63) is 0 Å². The molecular formula is C16H31N3O. The summed E-state index contributed by atoms with van der Waals surface area (Å²) in [5, 5.41) is 0. The molecule has 0 spiro atoms. The highest BCUT2D eigenvalue weighted by molar-refractivity contribution is 5.78. The van der Waals surface area contributed by atoms with Gasteiger partial charge in [-0.25, -0.2) is 0 Å². The molecule has 1 saturated heterocycles. The lowest BCUT2D eigenvalue weighted by molar-refractivity contribution is -0.131. The summed E-state index contributed by atoms with van der Waals surface area (Å²) >= 11 is 0. The lowest BCUT2D eigenvalue weighted by Crippen LogP contribution is -2.41. The van der Waals surface area contributed by atoms with Crippen molar-refractivity contribution in [2.45, 2.75) is 45.4 Å². The van der Waals surface area contributed by atoms with Gasteiger partial charge in [0.05, 0.1) is 6.54 Å². The van der Waals surface area contributed by atoms with Gasteiger partial charge in [0.2, 0.25) is 5.91 Å². The lowest BCUT2D eigenvalue weighted by atomic mass is 9.89. The van der Waals surface area contributed by atoms with Gasteiger partial charge in [-0.15, -0.1) is 0 Å². The van der Waals surface area contributed by atoms with Crippen molar-refractivity contribution in [1.82, 2.24) is 9.80 Å². The standard InChI is InChI=1S/C16H31N3O/c1-16(12-17)8-9-19(13-16)11-15(20)18(2)10-14-6-4-3-5-7-14/h14H,3-13,17H2,1-2H3. The molecule has 0 aromatic rings. The van der Waals surface area contributed by atoms with Crippen LogP contribution in [0.1, 0.15) is 45.4 Å². The molecule has 1 heterocycles. The van der Waals surface area contributed by atoms with Gasteiger partial charge in [0.15, 0.2) is 0 Å². The van der Waals surface area contributed by atoms with Gasteiger partial charge in [-0.2, -0.15) is 0 Å². The Balaban J connectivity index is 1.74. The van der Waals surface area contributed by atoms with Crippen LogP contribution in [0.5, 0.6) is 0 Å². The van der Waals surface area contributed by atoms with E-state index in [-0.39, 0.29) is 11.3 Å². The predicted octanol–water partition coefficient (Wildman–Crippen LogP) is 1.70. The van der Waals surface area contributed by atoms with Crippen molar-refractivity contribution in [2.24, 2.45) is 17.1 Å². The molecule has 2 N–H and O–H groups in total. The lowest BCUT2D eigenvalue weighted by Gasteiger charge is -2.28. The molecular weight excluding hydrogens is 250 g/mol. The van der Waals surface area contributed by atoms with Gasteiger partial charge in [-0.1, -0.05) is 26.2 Å². The van der Waals surface area contributed by atoms with E-state index in [0.29, 0.717) is 6.54 Å². The molecule has 1 unspecified atom stereocenters. The van der Waals surface area contributed by atoms with E-state index in [0.717, 1.165) is 38.5 Å². The molecule has 1 aliphatic carbocycles. The first kappa shape index (κ1) is 15.8. The van der Waals surface area contributed by atoms with Crippen LogP contribution < -0.4 is 5.73 Å². The molecule has 1 saturated carbocycles. The summed E-state index contributed by atoms with van der Waals surface area (Å²) in [6, 6.07) is 0. The monoisotopic (exact) mass is 281 g/mol. The van der Waals surface area contributed by atoms with Gasteiger partial charge in [-0.05, 0) is 43.7 Å². The minimum atomic E-state index is 0.211. The Kier molecular flexibility index (Phi) is 5.44. The number of likely N-dealkylation sites (tertiary alicyclic amines) is 1. The summed E-state index contributed by atoms with van der Waals surface area (Å²) in [5.74, 6) is 1.00. The van der Waals surface area contributed by atoms with E-state index in [4.69, 9.17) is 5.73 Å². The third-order valence-corrected chi connectivity index (χ3v) is 5.17. The minimum Gasteiger partial charge on any atom is -0.344 e. The maximum Gasteiger partial charge on any atom is 0.236 e. The van der Waals surface area contributed by atoms with Crippen molar-refractivity contribution in [3.8, 4) is 0 Å². The number of nitrogens with two attached hydrogens (primary N) is 1. The predicted molar refractivity (Wildman–Crippen MR) is 82.4 cm³/mol. The van der Waals surface area contributed by atoms with Crippen LogP contribution in [0.15, 0.2) is 0 Å². The second-order valence-electron chi connectivity index (χ2n) is 7.25. The first-order chi connectivity index (χ1) is 9.52. The Morgan fingerprint density at radius 1 is 1.35 bits per heavy atom. The minimum absolute atomic E-state index is 0.211. The summed E-state index contributed by atoms with van der Waals surface area (Å²) in [4.78, 5) is 16.5. The molecule has 0 bridgehead atoms. The fraction of sp³-hybridized carbons (Fsp3) is 0.938. The third kappa shape index (κ3) is 4.19. The molecule has 1 atom stereocenters. The van der Waals surface area contributed by atoms with E-state index in [9.17, 15) is 4.79 Å². The number of hydrogen-bond acceptors (Lipinski definition) is 3. The van der Waals surface area contributed by atoms with E-state index >= 15 is 0 Å². The smallest absolute Gasteiger partial charge is 0.236 e. The molecule has 2 aliphatic rings. The fourth-order valence-corrected chi connectivity index (χ4v) is 3.60. The van der Waals surface area contributed by atoms with Gasteiger partial charge in [0, 0.05) is 20.1 Å². The summed E-state index contributed by atoms with van der Waals surface area (Å²) in [5.41, 5.74) is 6.03. The van der Waals surface area contributed by atoms with Crippen LogP contribution in [0.3, 0.4) is 0 Å². The van der Waals surface area contributed by atoms with E-state index < -0.39 is 0 Å². The second-order valence-corrected chi connectivity index (χ2v) is 7.25. The maximum absolute atomic E-state index is 12.3. The van der Waals surface area contributed by atoms with E-state index in [1.54, 1.807) is 0 Å². The normalized spacial score (nSPS) is 28.8. The largest absolute Gasteiger partial charge is 0.344 e. The molecule has 20 heavy (non-hydrogen) atoms. The van der Waals surface area contributed by atoms with Crippen LogP contribution in [0.4, 0.5) is 0 Å². The Labute approximate surface area is 123 Å². The zero-order valence-electron chi connectivity index (χ0n) is 13.2. The van der Waals surface area contributed by atoms with E-state index in [2.05, 4.69) is 11.8 Å². The highest BCUT2D eigenvalue weighted by atomic mass is 16.2. The highest BCUT2D eigenvalue weighted by Gasteiger charge is 2.33. The molecule has 1 aliphatic heterocycles. The van der Waals surface area contributed by atoms with E-state index in [1.165, 1.54) is 32.1 Å². The average Bonchev–Trinajstić information content (AvgIpc) is 2.82. The average molecular weight is 281 g/mol. The maximum atomic E-state index is 12.3. The first-order valence-corrected chi connectivity index (χ1v) is 8.19. The Morgan fingerprint density at radius 2 is 2.05 bits per heavy atom. The summed E-state index contributed by atoms with van der Waals surface area (Å²) < 4.78 is 0. The van der Waals surface area contributed by atoms with Gasteiger partial charge in [-0.3, -0.25) is 9.69 Å². The van der Waals surface area contributed by atoms with Gasteiger partial charge in [0.1, 0.15) is 0 Å². The summed E-state index contributed by atoms with van der Waals surface area (Å²) in [6.07, 6.45) is 7.77. The van der Waals surface area contributed by atoms with E-state index in [1.807, 2.05) is 11.9 Å². The zero-order valence-corrected chi connectivity index (χ0v) is 13.2. The quantitative estimate of drug-likeness (QED) is 0.834. The van der Waals surface area contributed by atoms with Gasteiger partial charge < -0.3 is 10.6 Å². The van der Waals surface area contributed by atoms with Crippen molar-refractivity contribution >= 4 is 5.91 Å². The Morgan fingerprint density at radius 3 is 2.65 bits per heavy atom. The number of hydrogen-bond donors (Lipinski definition) is 1. The number of amides is 1. The Bertz CT molecular complexity index is 328. The van der Waals surface area contributed by atoms with Crippen molar-refractivity contribution < 1.29 is 4.79 Å². The van der Waals surface area contributed by atoms with Gasteiger partial charge >= 0.3 is 0 Å². The molecule has 0 radical (unpaired) electrons. The number of likely N-dealkylation sites (N-methyl/N-ethyl adjacent to an activating group) is 1. The third-order valence-electron chi connectivity index (χ3n) is 5.17. The number of nitrogens with zero attached hydrogens (tertiary/aromatic N) is 2. The molecule has 2 rings (SSSR count). The molecule has 0 aromatic heterocycles. The number of carbonyl (C=O) groups is 1. The van der Waals surface area contributed by atoms with Crippen LogP contribution in [-0.4, -0.2) is 55.5 Å². The molecule has 4 nitrogen and oxygen atoms in total. The van der Waals surface area contributed by atoms with Gasteiger partial charge in [0.25, 0.3) is 0 Å². The second kappa shape index (κ2) is 6.90. The zero-order chi connectivity index (χ0) is 14.6. The first-order valence-electron chi connectivity index (χ1n) is 8.19. The van der Waals surface area contributed by atoms with Crippen molar-refractivity contribution in [2.75, 3.05) is 39.8 Å². The Hall–Kier alpha value is -0.610. The van der Waals surface area contributed by atoms with Crippen molar-refractivity contribution in [3.63, 3.8) is 0 Å². The summed E-state index contributed by atoms with van der Waals surface area (Å²) in [7, 11) is 1.97. The van der Waals surface area contributed by atoms with Crippen molar-refractivity contribution in [1.29, 1.82) is 0 Å². The van der Waals surface area contributed by atoms with Crippen LogP contribution in [0.2, 0.25) is 0 Å². The molecule has 1 amide bonds. The molecule has 0 aromatic carbocycles. The molecule has 4 heteroatoms. The number of carbonyl (C=O) groups excluding carboxylic acids is 1. The fourth-order valence-electron chi connectivity index (χ4n) is 3.60. The van der Waals surface area contributed by atoms with Crippen LogP contribution >= 0.6 is 0 Å². The van der Waals surface area contributed by atoms with Crippen LogP contribution in [0.25, 0.3) is 0 Å². The molecule has 116 valence electrons. The summed E-state index contributed by atoms with van der Waals surface area (Å²) in [6.45, 7) is 6.43.